The number of anilines is 1. The molecule has 2 rings (SSSR count). The van der Waals surface area contributed by atoms with Crippen LogP contribution in [0.4, 0.5) is 5.69 Å². The number of nitrogens with two attached hydrogens (primary N) is 1. The SMILES string of the molecule is COC(=O)c1ccc(N)c(Sc2ccc(Cl)c(Cl)c2)n1. The number of carbonyl (C=O) groups excluding carboxylic acids is 1. The van der Waals surface area contributed by atoms with Gasteiger partial charge in [0.15, 0.2) is 0 Å². The Hall–Kier alpha value is -1.43. The van der Waals surface area contributed by atoms with Crippen LogP contribution in [0.15, 0.2) is 40.3 Å². The first kappa shape index (κ1) is 15.0. The Morgan fingerprint density at radius 3 is 2.65 bits per heavy atom. The van der Waals surface area contributed by atoms with E-state index in [2.05, 4.69) is 9.72 Å². The van der Waals surface area contributed by atoms with E-state index in [0.29, 0.717) is 20.8 Å². The Bertz CT molecular complexity index is 665. The van der Waals surface area contributed by atoms with E-state index >= 15 is 0 Å². The number of hydrogen-bond acceptors (Lipinski definition) is 5. The molecule has 0 spiro atoms. The number of aromatic nitrogens is 1. The van der Waals surface area contributed by atoms with Crippen LogP contribution in [-0.4, -0.2) is 18.1 Å². The maximum atomic E-state index is 11.5. The lowest BCUT2D eigenvalue weighted by molar-refractivity contribution is 0.0593. The monoisotopic (exact) mass is 328 g/mol. The molecule has 0 aliphatic carbocycles. The van der Waals surface area contributed by atoms with Crippen molar-refractivity contribution in [1.82, 2.24) is 4.98 Å². The lowest BCUT2D eigenvalue weighted by Gasteiger charge is -2.07. The fourth-order valence-corrected chi connectivity index (χ4v) is 2.63. The highest BCUT2D eigenvalue weighted by Gasteiger charge is 2.12. The van der Waals surface area contributed by atoms with E-state index in [1.165, 1.54) is 24.9 Å². The second-order valence-corrected chi connectivity index (χ2v) is 5.64. The predicted molar refractivity (Wildman–Crippen MR) is 80.6 cm³/mol. The van der Waals surface area contributed by atoms with Crippen molar-refractivity contribution in [3.05, 3.63) is 46.1 Å². The largest absolute Gasteiger partial charge is 0.464 e. The van der Waals surface area contributed by atoms with Crippen LogP contribution in [-0.2, 0) is 4.74 Å². The van der Waals surface area contributed by atoms with Crippen molar-refractivity contribution >= 4 is 46.6 Å². The van der Waals surface area contributed by atoms with E-state index in [1.807, 2.05) is 0 Å². The van der Waals surface area contributed by atoms with Gasteiger partial charge < -0.3 is 10.5 Å². The van der Waals surface area contributed by atoms with Gasteiger partial charge in [-0.3, -0.25) is 0 Å². The average Bonchev–Trinajstić information content (AvgIpc) is 2.44. The predicted octanol–water partition coefficient (Wildman–Crippen LogP) is 3.91. The van der Waals surface area contributed by atoms with Gasteiger partial charge in [0.05, 0.1) is 22.8 Å². The third-order valence-electron chi connectivity index (χ3n) is 2.39. The van der Waals surface area contributed by atoms with Gasteiger partial charge >= 0.3 is 5.97 Å². The van der Waals surface area contributed by atoms with Crippen LogP contribution in [0.2, 0.25) is 10.0 Å². The molecular formula is C13H10Cl2N2O2S. The Balaban J connectivity index is 2.32. The number of benzene rings is 1. The molecular weight excluding hydrogens is 319 g/mol. The lowest BCUT2D eigenvalue weighted by Crippen LogP contribution is -2.05. The zero-order valence-electron chi connectivity index (χ0n) is 10.4. The number of carbonyl (C=O) groups is 1. The van der Waals surface area contributed by atoms with Crippen LogP contribution in [0.5, 0.6) is 0 Å². The summed E-state index contributed by atoms with van der Waals surface area (Å²) in [5, 5.41) is 1.42. The molecule has 104 valence electrons. The molecule has 4 nitrogen and oxygen atoms in total. The molecule has 0 fully saturated rings. The van der Waals surface area contributed by atoms with Crippen molar-refractivity contribution in [3.63, 3.8) is 0 Å². The van der Waals surface area contributed by atoms with Gasteiger partial charge in [-0.2, -0.15) is 0 Å². The molecule has 1 heterocycles. The lowest BCUT2D eigenvalue weighted by atomic mass is 10.3. The number of ether oxygens (including phenoxy) is 1. The van der Waals surface area contributed by atoms with Crippen LogP contribution in [0.3, 0.4) is 0 Å². The highest BCUT2D eigenvalue weighted by Crippen LogP contribution is 2.34. The number of hydrogen-bond donors (Lipinski definition) is 1. The summed E-state index contributed by atoms with van der Waals surface area (Å²) in [6.07, 6.45) is 0. The number of esters is 1. The molecule has 0 aliphatic rings. The molecule has 2 N–H and O–H groups in total. The summed E-state index contributed by atoms with van der Waals surface area (Å²) in [4.78, 5) is 16.5. The fraction of sp³-hybridized carbons (Fsp3) is 0.0769. The molecule has 1 aromatic carbocycles. The van der Waals surface area contributed by atoms with Gasteiger partial charge in [0.25, 0.3) is 0 Å². The van der Waals surface area contributed by atoms with Crippen LogP contribution < -0.4 is 5.73 Å². The van der Waals surface area contributed by atoms with Gasteiger partial charge in [-0.25, -0.2) is 9.78 Å². The van der Waals surface area contributed by atoms with Gasteiger partial charge in [-0.1, -0.05) is 35.0 Å². The fourth-order valence-electron chi connectivity index (χ4n) is 1.40. The average molecular weight is 329 g/mol. The van der Waals surface area contributed by atoms with Crippen molar-refractivity contribution in [2.75, 3.05) is 12.8 Å². The minimum absolute atomic E-state index is 0.198. The molecule has 0 bridgehead atoms. The first-order valence-electron chi connectivity index (χ1n) is 5.49. The third kappa shape index (κ3) is 3.36. The number of pyridine rings is 1. The van der Waals surface area contributed by atoms with Crippen molar-refractivity contribution in [2.24, 2.45) is 0 Å². The van der Waals surface area contributed by atoms with E-state index in [0.717, 1.165) is 4.90 Å². The molecule has 1 aromatic heterocycles. The maximum absolute atomic E-state index is 11.5. The van der Waals surface area contributed by atoms with E-state index in [9.17, 15) is 4.79 Å². The Labute approximate surface area is 130 Å². The summed E-state index contributed by atoms with van der Waals surface area (Å²) in [5.74, 6) is -0.513. The van der Waals surface area contributed by atoms with Crippen molar-refractivity contribution in [2.45, 2.75) is 9.92 Å². The number of nitrogens with zero attached hydrogens (tertiary/aromatic N) is 1. The molecule has 0 amide bonds. The normalized spacial score (nSPS) is 10.3. The molecule has 0 atom stereocenters. The number of rotatable bonds is 3. The highest BCUT2D eigenvalue weighted by atomic mass is 35.5. The number of methoxy groups -OCH3 is 1. The third-order valence-corrected chi connectivity index (χ3v) is 4.14. The molecule has 20 heavy (non-hydrogen) atoms. The quantitative estimate of drug-likeness (QED) is 0.865. The van der Waals surface area contributed by atoms with E-state index < -0.39 is 5.97 Å². The summed E-state index contributed by atoms with van der Waals surface area (Å²) in [6.45, 7) is 0. The molecule has 7 heteroatoms. The zero-order chi connectivity index (χ0) is 14.7. The molecule has 0 saturated heterocycles. The summed E-state index contributed by atoms with van der Waals surface area (Å²) in [6, 6.07) is 8.32. The Morgan fingerprint density at radius 2 is 2.00 bits per heavy atom. The van der Waals surface area contributed by atoms with E-state index in [1.54, 1.807) is 24.3 Å². The molecule has 0 aliphatic heterocycles. The molecule has 0 saturated carbocycles. The van der Waals surface area contributed by atoms with Crippen molar-refractivity contribution < 1.29 is 9.53 Å². The summed E-state index contributed by atoms with van der Waals surface area (Å²) >= 11 is 13.1. The van der Waals surface area contributed by atoms with Crippen molar-refractivity contribution in [1.29, 1.82) is 0 Å². The second kappa shape index (κ2) is 6.35. The molecule has 0 unspecified atom stereocenters. The Kier molecular flexibility index (Phi) is 4.75. The van der Waals surface area contributed by atoms with Gasteiger partial charge in [-0.15, -0.1) is 0 Å². The maximum Gasteiger partial charge on any atom is 0.356 e. The first-order valence-corrected chi connectivity index (χ1v) is 7.06. The van der Waals surface area contributed by atoms with Gasteiger partial charge in [0.1, 0.15) is 10.7 Å². The van der Waals surface area contributed by atoms with Crippen LogP contribution >= 0.6 is 35.0 Å². The topological polar surface area (TPSA) is 65.2 Å². The van der Waals surface area contributed by atoms with Gasteiger partial charge in [0, 0.05) is 4.90 Å². The molecule has 2 aromatic rings. The summed E-state index contributed by atoms with van der Waals surface area (Å²) in [5.41, 5.74) is 6.52. The number of nitrogen functional groups attached to an aromatic ring is 1. The van der Waals surface area contributed by atoms with Gasteiger partial charge in [-0.05, 0) is 30.3 Å². The minimum Gasteiger partial charge on any atom is -0.464 e. The summed E-state index contributed by atoms with van der Waals surface area (Å²) < 4.78 is 4.63. The first-order chi connectivity index (χ1) is 9.51. The smallest absolute Gasteiger partial charge is 0.356 e. The summed E-state index contributed by atoms with van der Waals surface area (Å²) in [7, 11) is 1.30. The second-order valence-electron chi connectivity index (χ2n) is 3.76. The highest BCUT2D eigenvalue weighted by molar-refractivity contribution is 7.99. The van der Waals surface area contributed by atoms with Crippen LogP contribution in [0.1, 0.15) is 10.5 Å². The number of halogens is 2. The van der Waals surface area contributed by atoms with Gasteiger partial charge in [0.2, 0.25) is 0 Å². The Morgan fingerprint density at radius 1 is 1.25 bits per heavy atom. The van der Waals surface area contributed by atoms with Crippen LogP contribution in [0, 0.1) is 0 Å². The molecule has 0 radical (unpaired) electrons. The van der Waals surface area contributed by atoms with E-state index in [4.69, 9.17) is 28.9 Å². The zero-order valence-corrected chi connectivity index (χ0v) is 12.7. The van der Waals surface area contributed by atoms with E-state index in [-0.39, 0.29) is 5.69 Å². The van der Waals surface area contributed by atoms with Crippen LogP contribution in [0.25, 0.3) is 0 Å². The standard InChI is InChI=1S/C13H10Cl2N2O2S/c1-19-13(18)11-5-4-10(16)12(17-11)20-7-2-3-8(14)9(15)6-7/h2-6H,16H2,1H3. The van der Waals surface area contributed by atoms with Crippen molar-refractivity contribution in [3.8, 4) is 0 Å². The minimum atomic E-state index is -0.513.